The predicted octanol–water partition coefficient (Wildman–Crippen LogP) is 7.11. The van der Waals surface area contributed by atoms with Crippen LogP contribution < -0.4 is 5.32 Å². The number of alkyl halides is 9. The van der Waals surface area contributed by atoms with Crippen LogP contribution in [0.15, 0.2) is 41.3 Å². The van der Waals surface area contributed by atoms with Gasteiger partial charge in [0.25, 0.3) is 5.91 Å². The molecular weight excluding hydrogens is 449 g/mol. The van der Waals surface area contributed by atoms with Crippen LogP contribution in [0.2, 0.25) is 0 Å². The molecule has 0 aromatic heterocycles. The first-order valence-electron chi connectivity index (χ1n) is 8.07. The molecule has 0 spiro atoms. The molecule has 0 aliphatic rings. The molecule has 0 radical (unpaired) electrons. The molecule has 164 valence electrons. The third-order valence-electron chi connectivity index (χ3n) is 3.70. The van der Waals surface area contributed by atoms with E-state index < -0.39 is 46.8 Å². The zero-order chi connectivity index (χ0) is 22.9. The van der Waals surface area contributed by atoms with Crippen LogP contribution in [-0.2, 0) is 18.5 Å². The summed E-state index contributed by atoms with van der Waals surface area (Å²) in [6.07, 6.45) is -14.9. The van der Waals surface area contributed by atoms with Gasteiger partial charge in [0.1, 0.15) is 0 Å². The minimum atomic E-state index is -5.11. The van der Waals surface area contributed by atoms with Crippen molar-refractivity contribution in [2.45, 2.75) is 30.3 Å². The Kier molecular flexibility index (Phi) is 6.69. The zero-order valence-electron chi connectivity index (χ0n) is 14.9. The number of carbonyl (C=O) groups excluding carboxylic acids is 1. The topological polar surface area (TPSA) is 29.1 Å². The molecule has 0 atom stereocenters. The van der Waals surface area contributed by atoms with Crippen LogP contribution in [0, 0.1) is 0 Å². The fourth-order valence-corrected chi connectivity index (χ4v) is 3.22. The third kappa shape index (κ3) is 5.83. The number of halogens is 9. The van der Waals surface area contributed by atoms with Crippen LogP contribution in [-0.4, -0.2) is 11.7 Å². The molecule has 1 amide bonds. The van der Waals surface area contributed by atoms with Gasteiger partial charge in [-0.15, -0.1) is 11.8 Å². The van der Waals surface area contributed by atoms with Crippen molar-refractivity contribution in [2.24, 2.45) is 0 Å². The summed E-state index contributed by atoms with van der Waals surface area (Å²) in [4.78, 5) is 12.3. The molecule has 0 unspecified atom stereocenters. The smallest absolute Gasteiger partial charge is 0.322 e. The van der Waals surface area contributed by atoms with E-state index >= 15 is 0 Å². The standard InChI is InChI=1S/C18H12F9NOS/c1-2-30-14-8-9(16(19,20)21)3-4-13(14)15(29)28-12-6-10(17(22,23)24)5-11(7-12)18(25,26)27/h3-8H,2H2,1H3,(H,28,29). The molecule has 1 N–H and O–H groups in total. The van der Waals surface area contributed by atoms with E-state index in [0.717, 1.165) is 17.8 Å². The lowest BCUT2D eigenvalue weighted by molar-refractivity contribution is -0.143. The number of benzene rings is 2. The first-order chi connectivity index (χ1) is 13.6. The van der Waals surface area contributed by atoms with Crippen LogP contribution in [0.5, 0.6) is 0 Å². The fraction of sp³-hybridized carbons (Fsp3) is 0.278. The van der Waals surface area contributed by atoms with Gasteiger partial charge >= 0.3 is 18.5 Å². The minimum absolute atomic E-state index is 0.105. The lowest BCUT2D eigenvalue weighted by Crippen LogP contribution is -2.17. The molecule has 0 heterocycles. The van der Waals surface area contributed by atoms with Crippen molar-refractivity contribution in [1.82, 2.24) is 0 Å². The van der Waals surface area contributed by atoms with Crippen LogP contribution in [0.4, 0.5) is 45.2 Å². The largest absolute Gasteiger partial charge is 0.416 e. The van der Waals surface area contributed by atoms with Crippen molar-refractivity contribution in [3.05, 3.63) is 58.7 Å². The van der Waals surface area contributed by atoms with Gasteiger partial charge in [-0.3, -0.25) is 4.79 Å². The van der Waals surface area contributed by atoms with Crippen molar-refractivity contribution in [3.63, 3.8) is 0 Å². The normalized spacial score (nSPS) is 12.7. The Bertz CT molecular complexity index is 900. The summed E-state index contributed by atoms with van der Waals surface area (Å²) in [6, 6.07) is 2.62. The number of rotatable bonds is 4. The third-order valence-corrected chi connectivity index (χ3v) is 4.64. The summed E-state index contributed by atoms with van der Waals surface area (Å²) in [5.41, 5.74) is -5.44. The lowest BCUT2D eigenvalue weighted by Gasteiger charge is -2.16. The van der Waals surface area contributed by atoms with E-state index in [-0.39, 0.29) is 22.3 Å². The van der Waals surface area contributed by atoms with E-state index in [2.05, 4.69) is 0 Å². The van der Waals surface area contributed by atoms with Gasteiger partial charge in [0.15, 0.2) is 0 Å². The Morgan fingerprint density at radius 1 is 0.800 bits per heavy atom. The zero-order valence-corrected chi connectivity index (χ0v) is 15.7. The summed E-state index contributed by atoms with van der Waals surface area (Å²) < 4.78 is 116. The number of anilines is 1. The van der Waals surface area contributed by atoms with Crippen molar-refractivity contribution >= 4 is 23.4 Å². The quantitative estimate of drug-likeness (QED) is 0.389. The van der Waals surface area contributed by atoms with Crippen molar-refractivity contribution in [2.75, 3.05) is 11.1 Å². The fourth-order valence-electron chi connectivity index (χ4n) is 2.39. The van der Waals surface area contributed by atoms with Crippen LogP contribution in [0.1, 0.15) is 34.0 Å². The molecule has 30 heavy (non-hydrogen) atoms. The van der Waals surface area contributed by atoms with Gasteiger partial charge < -0.3 is 5.32 Å². The van der Waals surface area contributed by atoms with Gasteiger partial charge in [-0.25, -0.2) is 0 Å². The summed E-state index contributed by atoms with van der Waals surface area (Å²) in [5, 5.41) is 1.91. The van der Waals surface area contributed by atoms with E-state index in [1.54, 1.807) is 6.92 Å². The predicted molar refractivity (Wildman–Crippen MR) is 92.2 cm³/mol. The Labute approximate surface area is 168 Å². The number of thioether (sulfide) groups is 1. The molecule has 2 nitrogen and oxygen atoms in total. The number of amides is 1. The van der Waals surface area contributed by atoms with Crippen LogP contribution in [0.3, 0.4) is 0 Å². The number of hydrogen-bond donors (Lipinski definition) is 1. The van der Waals surface area contributed by atoms with E-state index in [1.807, 2.05) is 5.32 Å². The van der Waals surface area contributed by atoms with E-state index in [9.17, 15) is 44.3 Å². The van der Waals surface area contributed by atoms with Gasteiger partial charge in [0.2, 0.25) is 0 Å². The Morgan fingerprint density at radius 2 is 1.30 bits per heavy atom. The molecule has 2 aromatic carbocycles. The average molecular weight is 461 g/mol. The maximum atomic E-state index is 12.9. The highest BCUT2D eigenvalue weighted by Crippen LogP contribution is 2.38. The van der Waals surface area contributed by atoms with Gasteiger partial charge in [-0.05, 0) is 42.2 Å². The second-order valence-electron chi connectivity index (χ2n) is 5.89. The maximum absolute atomic E-state index is 12.9. The summed E-state index contributed by atoms with van der Waals surface area (Å²) >= 11 is 0.865. The van der Waals surface area contributed by atoms with Gasteiger partial charge in [0, 0.05) is 10.6 Å². The molecule has 0 aliphatic carbocycles. The van der Waals surface area contributed by atoms with E-state index in [1.165, 1.54) is 0 Å². The Hall–Kier alpha value is -2.37. The van der Waals surface area contributed by atoms with Gasteiger partial charge in [-0.2, -0.15) is 39.5 Å². The first-order valence-corrected chi connectivity index (χ1v) is 9.06. The number of hydrogen-bond acceptors (Lipinski definition) is 2. The molecule has 0 fully saturated rings. The van der Waals surface area contributed by atoms with Crippen LogP contribution in [0.25, 0.3) is 0 Å². The Balaban J connectivity index is 2.47. The highest BCUT2D eigenvalue weighted by Gasteiger charge is 2.37. The highest BCUT2D eigenvalue weighted by atomic mass is 32.2. The molecular formula is C18H12F9NOS. The molecule has 0 bridgehead atoms. The second kappa shape index (κ2) is 8.40. The summed E-state index contributed by atoms with van der Waals surface area (Å²) in [5.74, 6) is -0.879. The number of nitrogens with one attached hydrogen (secondary N) is 1. The summed E-state index contributed by atoms with van der Waals surface area (Å²) in [7, 11) is 0. The Morgan fingerprint density at radius 3 is 1.73 bits per heavy atom. The monoisotopic (exact) mass is 461 g/mol. The molecule has 0 saturated carbocycles. The van der Waals surface area contributed by atoms with Crippen molar-refractivity contribution in [1.29, 1.82) is 0 Å². The van der Waals surface area contributed by atoms with Crippen molar-refractivity contribution < 1.29 is 44.3 Å². The summed E-state index contributed by atoms with van der Waals surface area (Å²) in [6.45, 7) is 1.59. The van der Waals surface area contributed by atoms with Gasteiger partial charge in [-0.1, -0.05) is 6.92 Å². The van der Waals surface area contributed by atoms with E-state index in [0.29, 0.717) is 24.3 Å². The van der Waals surface area contributed by atoms with Gasteiger partial charge in [0.05, 0.1) is 22.3 Å². The minimum Gasteiger partial charge on any atom is -0.322 e. The molecule has 2 aromatic rings. The average Bonchev–Trinajstić information content (AvgIpc) is 2.59. The van der Waals surface area contributed by atoms with Crippen LogP contribution >= 0.6 is 11.8 Å². The molecule has 0 aliphatic heterocycles. The molecule has 0 saturated heterocycles. The highest BCUT2D eigenvalue weighted by molar-refractivity contribution is 7.99. The second-order valence-corrected chi connectivity index (χ2v) is 7.20. The first kappa shape index (κ1) is 23.9. The SMILES string of the molecule is CCSc1cc(C(F)(F)F)ccc1C(=O)Nc1cc(C(F)(F)F)cc(C(F)(F)F)c1. The van der Waals surface area contributed by atoms with Crippen molar-refractivity contribution in [3.8, 4) is 0 Å². The number of carbonyl (C=O) groups is 1. The molecule has 2 rings (SSSR count). The lowest BCUT2D eigenvalue weighted by atomic mass is 10.1. The molecule has 12 heteroatoms. The van der Waals surface area contributed by atoms with E-state index in [4.69, 9.17) is 0 Å². The maximum Gasteiger partial charge on any atom is 0.416 e.